The Morgan fingerprint density at radius 3 is 2.79 bits per heavy atom. The summed E-state index contributed by atoms with van der Waals surface area (Å²) in [5.74, 6) is 1.46. The zero-order chi connectivity index (χ0) is 13.2. The van der Waals surface area contributed by atoms with Gasteiger partial charge in [0.25, 0.3) is 0 Å². The van der Waals surface area contributed by atoms with Crippen LogP contribution in [0.15, 0.2) is 59.2 Å². The van der Waals surface area contributed by atoms with Crippen molar-refractivity contribution in [3.05, 3.63) is 64.8 Å². The normalized spacial score (nSPS) is 10.6. The van der Waals surface area contributed by atoms with Crippen molar-refractivity contribution < 1.29 is 4.74 Å². The molecule has 0 aliphatic rings. The summed E-state index contributed by atoms with van der Waals surface area (Å²) in [6.45, 7) is 2.02. The summed E-state index contributed by atoms with van der Waals surface area (Å²) in [6.07, 6.45) is 1.77. The van der Waals surface area contributed by atoms with E-state index in [4.69, 9.17) is 4.74 Å². The highest BCUT2D eigenvalue weighted by Crippen LogP contribution is 2.31. The van der Waals surface area contributed by atoms with E-state index in [0.29, 0.717) is 5.88 Å². The summed E-state index contributed by atoms with van der Waals surface area (Å²) in [5, 5.41) is 2.14. The van der Waals surface area contributed by atoms with Gasteiger partial charge in [0.1, 0.15) is 5.75 Å². The van der Waals surface area contributed by atoms with E-state index in [0.717, 1.165) is 26.6 Å². The van der Waals surface area contributed by atoms with Gasteiger partial charge in [0, 0.05) is 16.1 Å². The van der Waals surface area contributed by atoms with Crippen LogP contribution in [0, 0.1) is 6.92 Å². The first-order chi connectivity index (χ1) is 9.24. The maximum atomic E-state index is 5.96. The number of halogens is 1. The van der Waals surface area contributed by atoms with Gasteiger partial charge in [-0.2, -0.15) is 0 Å². The lowest BCUT2D eigenvalue weighted by molar-refractivity contribution is 0.465. The second-order valence-corrected chi connectivity index (χ2v) is 5.26. The fraction of sp³-hybridized carbons (Fsp3) is 0.0625. The smallest absolute Gasteiger partial charge is 0.227 e. The number of ether oxygens (including phenoxy) is 1. The number of benzene rings is 2. The minimum Gasteiger partial charge on any atom is -0.438 e. The zero-order valence-electron chi connectivity index (χ0n) is 10.4. The summed E-state index contributed by atoms with van der Waals surface area (Å²) < 4.78 is 6.96. The number of aryl methyl sites for hydroxylation is 1. The van der Waals surface area contributed by atoms with Crippen LogP contribution < -0.4 is 4.74 Å². The van der Waals surface area contributed by atoms with Gasteiger partial charge >= 0.3 is 0 Å². The molecule has 0 fully saturated rings. The van der Waals surface area contributed by atoms with E-state index in [1.807, 2.05) is 49.4 Å². The molecule has 0 aliphatic heterocycles. The SMILES string of the molecule is Cc1ccc(Br)cc1Oc1nccc2ccccc12. The van der Waals surface area contributed by atoms with Crippen LogP contribution in [0.5, 0.6) is 11.6 Å². The van der Waals surface area contributed by atoms with E-state index in [9.17, 15) is 0 Å². The average Bonchev–Trinajstić information content (AvgIpc) is 2.43. The van der Waals surface area contributed by atoms with Gasteiger partial charge in [-0.1, -0.05) is 40.2 Å². The van der Waals surface area contributed by atoms with E-state index in [2.05, 4.69) is 27.0 Å². The molecule has 19 heavy (non-hydrogen) atoms. The van der Waals surface area contributed by atoms with Crippen LogP contribution >= 0.6 is 15.9 Å². The van der Waals surface area contributed by atoms with Gasteiger partial charge in [-0.25, -0.2) is 4.98 Å². The summed E-state index contributed by atoms with van der Waals surface area (Å²) >= 11 is 3.46. The Hall–Kier alpha value is -1.87. The molecule has 0 saturated heterocycles. The van der Waals surface area contributed by atoms with Gasteiger partial charge in [-0.05, 0) is 42.1 Å². The number of fused-ring (bicyclic) bond motifs is 1. The number of hydrogen-bond donors (Lipinski definition) is 0. The molecule has 2 aromatic carbocycles. The first-order valence-corrected chi connectivity index (χ1v) is 6.81. The number of rotatable bonds is 2. The van der Waals surface area contributed by atoms with Gasteiger partial charge in [0.05, 0.1) is 0 Å². The predicted octanol–water partition coefficient (Wildman–Crippen LogP) is 5.10. The lowest BCUT2D eigenvalue weighted by Crippen LogP contribution is -1.91. The van der Waals surface area contributed by atoms with Crippen molar-refractivity contribution in [2.24, 2.45) is 0 Å². The molecule has 0 radical (unpaired) electrons. The Balaban J connectivity index is 2.08. The third-order valence-corrected chi connectivity index (χ3v) is 3.49. The summed E-state index contributed by atoms with van der Waals surface area (Å²) in [7, 11) is 0. The van der Waals surface area contributed by atoms with E-state index in [-0.39, 0.29) is 0 Å². The third-order valence-electron chi connectivity index (χ3n) is 2.99. The highest BCUT2D eigenvalue weighted by Gasteiger charge is 2.07. The number of pyridine rings is 1. The van der Waals surface area contributed by atoms with Crippen molar-refractivity contribution in [2.75, 3.05) is 0 Å². The Bertz CT molecular complexity index is 734. The van der Waals surface area contributed by atoms with Crippen molar-refractivity contribution >= 4 is 26.7 Å². The second-order valence-electron chi connectivity index (χ2n) is 4.35. The van der Waals surface area contributed by atoms with E-state index in [1.165, 1.54) is 0 Å². The fourth-order valence-electron chi connectivity index (χ4n) is 1.96. The van der Waals surface area contributed by atoms with Crippen molar-refractivity contribution in [3.8, 4) is 11.6 Å². The van der Waals surface area contributed by atoms with Crippen molar-refractivity contribution in [1.29, 1.82) is 0 Å². The molecule has 1 heterocycles. The van der Waals surface area contributed by atoms with Crippen LogP contribution in [0.2, 0.25) is 0 Å². The summed E-state index contributed by atoms with van der Waals surface area (Å²) in [6, 6.07) is 16.0. The molecule has 0 N–H and O–H groups in total. The molecule has 94 valence electrons. The van der Waals surface area contributed by atoms with Gasteiger partial charge in [0.15, 0.2) is 0 Å². The molecule has 1 aromatic heterocycles. The van der Waals surface area contributed by atoms with E-state index >= 15 is 0 Å². The monoisotopic (exact) mass is 313 g/mol. The van der Waals surface area contributed by atoms with Gasteiger partial charge in [0.2, 0.25) is 5.88 Å². The molecule has 0 unspecified atom stereocenters. The van der Waals surface area contributed by atoms with Crippen LogP contribution in [-0.2, 0) is 0 Å². The van der Waals surface area contributed by atoms with Crippen molar-refractivity contribution in [3.63, 3.8) is 0 Å². The minimum atomic E-state index is 0.638. The number of aromatic nitrogens is 1. The quantitative estimate of drug-likeness (QED) is 0.656. The van der Waals surface area contributed by atoms with Crippen molar-refractivity contribution in [1.82, 2.24) is 4.98 Å². The van der Waals surface area contributed by atoms with Crippen LogP contribution in [-0.4, -0.2) is 4.98 Å². The number of nitrogens with zero attached hydrogens (tertiary/aromatic N) is 1. The number of hydrogen-bond acceptors (Lipinski definition) is 2. The molecule has 0 atom stereocenters. The second kappa shape index (κ2) is 5.02. The summed E-state index contributed by atoms with van der Waals surface area (Å²) in [5.41, 5.74) is 1.08. The van der Waals surface area contributed by atoms with Crippen LogP contribution in [0.1, 0.15) is 5.56 Å². The summed E-state index contributed by atoms with van der Waals surface area (Å²) in [4.78, 5) is 4.34. The lowest BCUT2D eigenvalue weighted by Gasteiger charge is -2.10. The molecular weight excluding hydrogens is 302 g/mol. The maximum absolute atomic E-state index is 5.96. The van der Waals surface area contributed by atoms with Crippen molar-refractivity contribution in [2.45, 2.75) is 6.92 Å². The average molecular weight is 314 g/mol. The largest absolute Gasteiger partial charge is 0.438 e. The molecule has 0 bridgehead atoms. The predicted molar refractivity (Wildman–Crippen MR) is 80.7 cm³/mol. The molecule has 0 spiro atoms. The standard InChI is InChI=1S/C16H12BrNO/c1-11-6-7-13(17)10-15(11)19-16-14-5-3-2-4-12(14)8-9-18-16/h2-10H,1H3. The molecule has 0 aliphatic carbocycles. The highest BCUT2D eigenvalue weighted by molar-refractivity contribution is 9.10. The van der Waals surface area contributed by atoms with E-state index in [1.54, 1.807) is 6.20 Å². The highest BCUT2D eigenvalue weighted by atomic mass is 79.9. The maximum Gasteiger partial charge on any atom is 0.227 e. The topological polar surface area (TPSA) is 22.1 Å². The molecule has 3 heteroatoms. The first kappa shape index (κ1) is 12.2. The zero-order valence-corrected chi connectivity index (χ0v) is 12.0. The van der Waals surface area contributed by atoms with E-state index < -0.39 is 0 Å². The van der Waals surface area contributed by atoms with Gasteiger partial charge < -0.3 is 4.74 Å². The fourth-order valence-corrected chi connectivity index (χ4v) is 2.30. The Kier molecular flexibility index (Phi) is 3.22. The third kappa shape index (κ3) is 2.47. The Morgan fingerprint density at radius 2 is 1.89 bits per heavy atom. The van der Waals surface area contributed by atoms with Crippen LogP contribution in [0.25, 0.3) is 10.8 Å². The Morgan fingerprint density at radius 1 is 1.05 bits per heavy atom. The molecule has 0 amide bonds. The molecule has 3 rings (SSSR count). The Labute approximate surface area is 120 Å². The molecular formula is C16H12BrNO. The van der Waals surface area contributed by atoms with Crippen LogP contribution in [0.3, 0.4) is 0 Å². The molecule has 0 saturated carbocycles. The van der Waals surface area contributed by atoms with Crippen LogP contribution in [0.4, 0.5) is 0 Å². The van der Waals surface area contributed by atoms with Gasteiger partial charge in [-0.3, -0.25) is 0 Å². The van der Waals surface area contributed by atoms with Gasteiger partial charge in [-0.15, -0.1) is 0 Å². The molecule has 3 aromatic rings. The minimum absolute atomic E-state index is 0.638. The first-order valence-electron chi connectivity index (χ1n) is 6.02. The molecule has 2 nitrogen and oxygen atoms in total. The lowest BCUT2D eigenvalue weighted by atomic mass is 10.2.